The van der Waals surface area contributed by atoms with Crippen LogP contribution in [-0.2, 0) is 4.74 Å². The molecule has 1 aliphatic rings. The molecule has 188 valence electrons. The van der Waals surface area contributed by atoms with Crippen LogP contribution < -0.4 is 24.3 Å². The highest BCUT2D eigenvalue weighted by Crippen LogP contribution is 2.38. The van der Waals surface area contributed by atoms with E-state index in [1.54, 1.807) is 20.4 Å². The number of rotatable bonds is 9. The minimum Gasteiger partial charge on any atom is -0.493 e. The molecule has 1 aliphatic heterocycles. The number of methoxy groups -OCH3 is 2. The molecule has 2 heterocycles. The molecule has 0 saturated carbocycles. The predicted molar refractivity (Wildman–Crippen MR) is 140 cm³/mol. The summed E-state index contributed by atoms with van der Waals surface area (Å²) < 4.78 is 28.6. The Morgan fingerprint density at radius 3 is 2.49 bits per heavy atom. The summed E-state index contributed by atoms with van der Waals surface area (Å²) in [6.45, 7) is 1.22. The predicted octanol–water partition coefficient (Wildman–Crippen LogP) is 6.22. The van der Waals surface area contributed by atoms with Crippen molar-refractivity contribution in [1.82, 2.24) is 4.98 Å². The molecule has 1 fully saturated rings. The van der Waals surface area contributed by atoms with Gasteiger partial charge in [0, 0.05) is 29.9 Å². The molecule has 0 spiro atoms. The maximum Gasteiger partial charge on any atom is 0.169 e. The van der Waals surface area contributed by atoms with Gasteiger partial charge in [0.15, 0.2) is 23.0 Å². The van der Waals surface area contributed by atoms with Crippen molar-refractivity contribution in [2.45, 2.75) is 18.9 Å². The van der Waals surface area contributed by atoms with Gasteiger partial charge in [-0.25, -0.2) is 0 Å². The highest BCUT2D eigenvalue weighted by Gasteiger charge is 2.19. The first-order chi connectivity index (χ1) is 18.2. The topological polar surface area (TPSA) is 94.9 Å². The average molecular weight is 498 g/mol. The van der Waals surface area contributed by atoms with Gasteiger partial charge in [0.25, 0.3) is 0 Å². The van der Waals surface area contributed by atoms with E-state index in [0.717, 1.165) is 30.5 Å². The van der Waals surface area contributed by atoms with Gasteiger partial charge in [0.1, 0.15) is 18.4 Å². The summed E-state index contributed by atoms with van der Waals surface area (Å²) in [5.74, 6) is 3.09. The average Bonchev–Trinajstić information content (AvgIpc) is 3.46. The standard InChI is InChI=1S/C29H27N3O5/c1-33-25-7-3-4-8-26(25)37-21-11-9-20(10-12-21)32-29-19(16-30)17-31-24-15-28(27(34-2)14-23(24)29)36-18-22-6-5-13-35-22/h3-4,7-12,14-15,17,22H,5-6,13,18H2,1-2H3,(H,31,32). The molecule has 8 nitrogen and oxygen atoms in total. The zero-order valence-corrected chi connectivity index (χ0v) is 20.7. The number of nitrogens with one attached hydrogen (secondary N) is 1. The lowest BCUT2D eigenvalue weighted by atomic mass is 10.1. The third-order valence-corrected chi connectivity index (χ3v) is 6.14. The number of hydrogen-bond acceptors (Lipinski definition) is 8. The van der Waals surface area contributed by atoms with Crippen LogP contribution in [0.1, 0.15) is 18.4 Å². The molecule has 0 radical (unpaired) electrons. The molecular weight excluding hydrogens is 470 g/mol. The first-order valence-electron chi connectivity index (χ1n) is 12.0. The molecule has 1 saturated heterocycles. The molecule has 0 bridgehead atoms. The Bertz CT molecular complexity index is 1430. The SMILES string of the molecule is COc1cc2c(Nc3ccc(Oc4ccccc4OC)cc3)c(C#N)cnc2cc1OCC1CCCO1. The van der Waals surface area contributed by atoms with Crippen LogP contribution in [-0.4, -0.2) is 38.5 Å². The van der Waals surface area contributed by atoms with E-state index in [1.807, 2.05) is 60.7 Å². The summed E-state index contributed by atoms with van der Waals surface area (Å²) in [7, 11) is 3.20. The minimum atomic E-state index is 0.0847. The van der Waals surface area contributed by atoms with E-state index < -0.39 is 0 Å². The number of ether oxygens (including phenoxy) is 5. The van der Waals surface area contributed by atoms with Crippen molar-refractivity contribution >= 4 is 22.3 Å². The van der Waals surface area contributed by atoms with Crippen molar-refractivity contribution in [2.24, 2.45) is 0 Å². The number of aromatic nitrogens is 1. The number of fused-ring (bicyclic) bond motifs is 1. The maximum atomic E-state index is 9.77. The first-order valence-corrected chi connectivity index (χ1v) is 12.0. The Labute approximate surface area is 215 Å². The van der Waals surface area contributed by atoms with Crippen LogP contribution in [0, 0.1) is 11.3 Å². The van der Waals surface area contributed by atoms with Crippen molar-refractivity contribution in [2.75, 3.05) is 32.8 Å². The smallest absolute Gasteiger partial charge is 0.169 e. The number of benzene rings is 3. The Balaban J connectivity index is 1.40. The minimum absolute atomic E-state index is 0.0847. The van der Waals surface area contributed by atoms with Crippen LogP contribution >= 0.6 is 0 Å². The number of nitrogens with zero attached hydrogens (tertiary/aromatic N) is 2. The number of nitriles is 1. The molecule has 0 amide bonds. The van der Waals surface area contributed by atoms with Gasteiger partial charge in [0.05, 0.1) is 37.1 Å². The van der Waals surface area contributed by atoms with E-state index in [-0.39, 0.29) is 6.10 Å². The molecule has 8 heteroatoms. The van der Waals surface area contributed by atoms with E-state index in [2.05, 4.69) is 16.4 Å². The van der Waals surface area contributed by atoms with Crippen molar-refractivity contribution in [3.05, 3.63) is 72.4 Å². The largest absolute Gasteiger partial charge is 0.493 e. The lowest BCUT2D eigenvalue weighted by molar-refractivity contribution is 0.0670. The molecule has 1 N–H and O–H groups in total. The molecule has 3 aromatic carbocycles. The van der Waals surface area contributed by atoms with Crippen LogP contribution in [0.2, 0.25) is 0 Å². The second kappa shape index (κ2) is 11.1. The Morgan fingerprint density at radius 2 is 1.78 bits per heavy atom. The molecule has 0 aliphatic carbocycles. The van der Waals surface area contributed by atoms with E-state index in [4.69, 9.17) is 23.7 Å². The van der Waals surface area contributed by atoms with E-state index in [9.17, 15) is 5.26 Å². The van der Waals surface area contributed by atoms with Crippen molar-refractivity contribution in [1.29, 1.82) is 5.26 Å². The van der Waals surface area contributed by atoms with Crippen LogP contribution in [0.3, 0.4) is 0 Å². The van der Waals surface area contributed by atoms with Gasteiger partial charge in [-0.05, 0) is 55.3 Å². The summed E-state index contributed by atoms with van der Waals surface area (Å²) in [4.78, 5) is 4.49. The molecule has 4 aromatic rings. The molecule has 1 atom stereocenters. The summed E-state index contributed by atoms with van der Waals surface area (Å²) >= 11 is 0. The normalized spacial score (nSPS) is 14.7. The highest BCUT2D eigenvalue weighted by molar-refractivity contribution is 5.97. The van der Waals surface area contributed by atoms with Gasteiger partial charge in [-0.3, -0.25) is 4.98 Å². The molecule has 37 heavy (non-hydrogen) atoms. The quantitative estimate of drug-likeness (QED) is 0.291. The number of para-hydroxylation sites is 2. The second-order valence-corrected chi connectivity index (χ2v) is 8.53. The van der Waals surface area contributed by atoms with Crippen molar-refractivity contribution in [3.63, 3.8) is 0 Å². The van der Waals surface area contributed by atoms with E-state index >= 15 is 0 Å². The Kier molecular flexibility index (Phi) is 7.24. The molecule has 5 rings (SSSR count). The van der Waals surface area contributed by atoms with Crippen LogP contribution in [0.25, 0.3) is 10.9 Å². The monoisotopic (exact) mass is 497 g/mol. The maximum absolute atomic E-state index is 9.77. The number of anilines is 2. The number of pyridine rings is 1. The fourth-order valence-corrected chi connectivity index (χ4v) is 4.23. The summed E-state index contributed by atoms with van der Waals surface area (Å²) in [5, 5.41) is 13.9. The van der Waals surface area contributed by atoms with Gasteiger partial charge in [-0.2, -0.15) is 5.26 Å². The van der Waals surface area contributed by atoms with Crippen molar-refractivity contribution in [3.8, 4) is 34.8 Å². The van der Waals surface area contributed by atoms with Gasteiger partial charge in [-0.15, -0.1) is 0 Å². The Hall–Kier alpha value is -4.48. The van der Waals surface area contributed by atoms with E-state index in [1.165, 1.54) is 0 Å². The number of hydrogen-bond donors (Lipinski definition) is 1. The van der Waals surface area contributed by atoms with Crippen LogP contribution in [0.5, 0.6) is 28.7 Å². The summed E-state index contributed by atoms with van der Waals surface area (Å²) in [5.41, 5.74) is 2.52. The summed E-state index contributed by atoms with van der Waals surface area (Å²) in [6.07, 6.45) is 3.67. The van der Waals surface area contributed by atoms with Crippen LogP contribution in [0.4, 0.5) is 11.4 Å². The zero-order chi connectivity index (χ0) is 25.6. The zero-order valence-electron chi connectivity index (χ0n) is 20.7. The fraction of sp³-hybridized carbons (Fsp3) is 0.241. The third-order valence-electron chi connectivity index (χ3n) is 6.14. The van der Waals surface area contributed by atoms with Gasteiger partial charge in [0.2, 0.25) is 0 Å². The van der Waals surface area contributed by atoms with Crippen molar-refractivity contribution < 1.29 is 23.7 Å². The molecule has 1 aromatic heterocycles. The lowest BCUT2D eigenvalue weighted by Crippen LogP contribution is -2.16. The van der Waals surface area contributed by atoms with Gasteiger partial charge < -0.3 is 29.0 Å². The third kappa shape index (κ3) is 5.37. The molecule has 1 unspecified atom stereocenters. The highest BCUT2D eigenvalue weighted by atomic mass is 16.5. The summed E-state index contributed by atoms with van der Waals surface area (Å²) in [6, 6.07) is 20.8. The lowest BCUT2D eigenvalue weighted by Gasteiger charge is -2.17. The first kappa shape index (κ1) is 24.2. The Morgan fingerprint density at radius 1 is 1.00 bits per heavy atom. The molecular formula is C29H27N3O5. The fourth-order valence-electron chi connectivity index (χ4n) is 4.23. The van der Waals surface area contributed by atoms with Gasteiger partial charge >= 0.3 is 0 Å². The van der Waals surface area contributed by atoms with Crippen LogP contribution in [0.15, 0.2) is 66.9 Å². The second-order valence-electron chi connectivity index (χ2n) is 8.53. The van der Waals surface area contributed by atoms with Gasteiger partial charge in [-0.1, -0.05) is 12.1 Å². The van der Waals surface area contributed by atoms with E-state index in [0.29, 0.717) is 52.1 Å².